The molecule has 1 saturated carbocycles. The van der Waals surface area contributed by atoms with Crippen molar-refractivity contribution in [2.45, 2.75) is 64.0 Å². The first kappa shape index (κ1) is 15.8. The Morgan fingerprint density at radius 3 is 2.65 bits per heavy atom. The second kappa shape index (κ2) is 7.99. The number of likely N-dealkylation sites (tertiary alicyclic amines) is 1. The van der Waals surface area contributed by atoms with E-state index in [9.17, 15) is 4.79 Å². The zero-order valence-corrected chi connectivity index (χ0v) is 13.1. The molecule has 0 aromatic rings. The summed E-state index contributed by atoms with van der Waals surface area (Å²) in [6.45, 7) is 4.49. The quantitative estimate of drug-likeness (QED) is 0.785. The van der Waals surface area contributed by atoms with Gasteiger partial charge in [-0.3, -0.25) is 4.79 Å². The van der Waals surface area contributed by atoms with E-state index in [-0.39, 0.29) is 5.97 Å². The van der Waals surface area contributed by atoms with Gasteiger partial charge in [0, 0.05) is 31.6 Å². The van der Waals surface area contributed by atoms with Gasteiger partial charge in [-0.25, -0.2) is 0 Å². The smallest absolute Gasteiger partial charge is 0.306 e. The molecule has 0 spiro atoms. The van der Waals surface area contributed by atoms with Crippen LogP contribution in [0, 0.1) is 5.92 Å². The van der Waals surface area contributed by atoms with Crippen molar-refractivity contribution < 1.29 is 9.53 Å². The molecule has 116 valence electrons. The highest BCUT2D eigenvalue weighted by atomic mass is 16.5. The maximum absolute atomic E-state index is 11.7. The monoisotopic (exact) mass is 282 g/mol. The molecule has 0 aromatic heterocycles. The number of nitrogens with zero attached hydrogens (tertiary/aromatic N) is 1. The van der Waals surface area contributed by atoms with Crippen molar-refractivity contribution in [2.24, 2.45) is 5.92 Å². The minimum atomic E-state index is -0.0378. The van der Waals surface area contributed by atoms with Gasteiger partial charge in [0.15, 0.2) is 0 Å². The molecule has 2 atom stereocenters. The van der Waals surface area contributed by atoms with E-state index in [4.69, 9.17) is 4.74 Å². The Morgan fingerprint density at radius 1 is 1.20 bits per heavy atom. The Morgan fingerprint density at radius 2 is 1.95 bits per heavy atom. The molecular formula is C16H30N2O2. The average Bonchev–Trinajstić information content (AvgIpc) is 2.39. The number of likely N-dealkylation sites (N-methyl/N-ethyl adjacent to an activating group) is 1. The zero-order valence-electron chi connectivity index (χ0n) is 13.1. The molecule has 0 bridgehead atoms. The lowest BCUT2D eigenvalue weighted by Gasteiger charge is -2.38. The lowest BCUT2D eigenvalue weighted by Crippen LogP contribution is -2.51. The lowest BCUT2D eigenvalue weighted by molar-refractivity contribution is -0.144. The molecule has 0 amide bonds. The number of nitrogens with one attached hydrogen (secondary N) is 1. The van der Waals surface area contributed by atoms with Gasteiger partial charge >= 0.3 is 5.97 Å². The van der Waals surface area contributed by atoms with Crippen molar-refractivity contribution in [3.8, 4) is 0 Å². The van der Waals surface area contributed by atoms with Crippen LogP contribution in [0.15, 0.2) is 0 Å². The Bertz CT molecular complexity index is 303. The molecule has 1 N–H and O–H groups in total. The van der Waals surface area contributed by atoms with Crippen LogP contribution in [0.5, 0.6) is 0 Å². The highest BCUT2D eigenvalue weighted by Crippen LogP contribution is 2.23. The van der Waals surface area contributed by atoms with E-state index in [1.807, 2.05) is 6.92 Å². The van der Waals surface area contributed by atoms with Crippen LogP contribution in [0.3, 0.4) is 0 Å². The standard InChI is InChI=1S/C16H30N2O2/c1-3-20-16(19)10-13-9-15(12-18(2)11-13)17-14-7-5-4-6-8-14/h13-15,17H,3-12H2,1-2H3. The maximum Gasteiger partial charge on any atom is 0.306 e. The van der Waals surface area contributed by atoms with Gasteiger partial charge in [-0.05, 0) is 39.2 Å². The van der Waals surface area contributed by atoms with E-state index < -0.39 is 0 Å². The topological polar surface area (TPSA) is 41.6 Å². The van der Waals surface area contributed by atoms with E-state index in [0.29, 0.717) is 31.0 Å². The normalized spacial score (nSPS) is 29.3. The molecule has 1 heterocycles. The van der Waals surface area contributed by atoms with Gasteiger partial charge in [0.2, 0.25) is 0 Å². The number of esters is 1. The van der Waals surface area contributed by atoms with Gasteiger partial charge in [-0.2, -0.15) is 0 Å². The van der Waals surface area contributed by atoms with Gasteiger partial charge in [-0.15, -0.1) is 0 Å². The van der Waals surface area contributed by atoms with Crippen LogP contribution < -0.4 is 5.32 Å². The van der Waals surface area contributed by atoms with E-state index in [0.717, 1.165) is 19.5 Å². The summed E-state index contributed by atoms with van der Waals surface area (Å²) in [6.07, 6.45) is 8.46. The molecule has 1 aliphatic heterocycles. The second-order valence-electron chi connectivity index (χ2n) is 6.53. The minimum Gasteiger partial charge on any atom is -0.466 e. The number of carbonyl (C=O) groups is 1. The van der Waals surface area contributed by atoms with Crippen molar-refractivity contribution in [1.29, 1.82) is 0 Å². The molecule has 2 rings (SSSR count). The second-order valence-corrected chi connectivity index (χ2v) is 6.53. The highest BCUT2D eigenvalue weighted by molar-refractivity contribution is 5.69. The van der Waals surface area contributed by atoms with Crippen molar-refractivity contribution >= 4 is 5.97 Å². The Labute approximate surface area is 123 Å². The Hall–Kier alpha value is -0.610. The minimum absolute atomic E-state index is 0.0378. The van der Waals surface area contributed by atoms with Gasteiger partial charge in [0.05, 0.1) is 6.61 Å². The molecule has 1 aliphatic carbocycles. The van der Waals surface area contributed by atoms with Crippen LogP contribution in [0.4, 0.5) is 0 Å². The number of hydrogen-bond donors (Lipinski definition) is 1. The first-order chi connectivity index (χ1) is 9.67. The van der Waals surface area contributed by atoms with Gasteiger partial charge < -0.3 is 15.0 Å². The summed E-state index contributed by atoms with van der Waals surface area (Å²) in [5.74, 6) is 0.401. The van der Waals surface area contributed by atoms with Crippen LogP contribution in [0.25, 0.3) is 0 Å². The van der Waals surface area contributed by atoms with E-state index >= 15 is 0 Å². The fourth-order valence-electron chi connectivity index (χ4n) is 3.77. The Kier molecular flexibility index (Phi) is 6.30. The van der Waals surface area contributed by atoms with E-state index in [1.54, 1.807) is 0 Å². The number of rotatable bonds is 5. The molecular weight excluding hydrogens is 252 g/mol. The third kappa shape index (κ3) is 5.06. The van der Waals surface area contributed by atoms with Crippen LogP contribution in [0.2, 0.25) is 0 Å². The molecule has 2 fully saturated rings. The van der Waals surface area contributed by atoms with Crippen molar-refractivity contribution in [3.05, 3.63) is 0 Å². The molecule has 0 aromatic carbocycles. The number of ether oxygens (including phenoxy) is 1. The van der Waals surface area contributed by atoms with Crippen molar-refractivity contribution in [1.82, 2.24) is 10.2 Å². The first-order valence-corrected chi connectivity index (χ1v) is 8.27. The van der Waals surface area contributed by atoms with Crippen LogP contribution in [-0.2, 0) is 9.53 Å². The third-order valence-electron chi connectivity index (χ3n) is 4.56. The number of hydrogen-bond acceptors (Lipinski definition) is 4. The maximum atomic E-state index is 11.7. The fourth-order valence-corrected chi connectivity index (χ4v) is 3.77. The summed E-state index contributed by atoms with van der Waals surface area (Å²) >= 11 is 0. The highest BCUT2D eigenvalue weighted by Gasteiger charge is 2.28. The average molecular weight is 282 g/mol. The van der Waals surface area contributed by atoms with E-state index in [1.165, 1.54) is 32.1 Å². The predicted octanol–water partition coefficient (Wildman–Crippen LogP) is 2.18. The first-order valence-electron chi connectivity index (χ1n) is 8.27. The third-order valence-corrected chi connectivity index (χ3v) is 4.56. The summed E-state index contributed by atoms with van der Waals surface area (Å²) in [5.41, 5.74) is 0. The molecule has 2 unspecified atom stereocenters. The summed E-state index contributed by atoms with van der Waals surface area (Å²) in [6, 6.07) is 1.24. The molecule has 4 heteroatoms. The molecule has 20 heavy (non-hydrogen) atoms. The molecule has 1 saturated heterocycles. The van der Waals surface area contributed by atoms with Crippen LogP contribution in [0.1, 0.15) is 51.9 Å². The zero-order chi connectivity index (χ0) is 14.4. The Balaban J connectivity index is 1.79. The summed E-state index contributed by atoms with van der Waals surface area (Å²) in [5, 5.41) is 3.83. The van der Waals surface area contributed by atoms with Gasteiger partial charge in [0.25, 0.3) is 0 Å². The largest absolute Gasteiger partial charge is 0.466 e. The van der Waals surface area contributed by atoms with Gasteiger partial charge in [-0.1, -0.05) is 19.3 Å². The van der Waals surface area contributed by atoms with Crippen LogP contribution >= 0.6 is 0 Å². The lowest BCUT2D eigenvalue weighted by atomic mass is 9.89. The molecule has 0 radical (unpaired) electrons. The van der Waals surface area contributed by atoms with Gasteiger partial charge in [0.1, 0.15) is 0 Å². The number of carbonyl (C=O) groups excluding carboxylic acids is 1. The van der Waals surface area contributed by atoms with Crippen molar-refractivity contribution in [3.63, 3.8) is 0 Å². The fraction of sp³-hybridized carbons (Fsp3) is 0.938. The van der Waals surface area contributed by atoms with Crippen LogP contribution in [-0.4, -0.2) is 49.7 Å². The number of piperidine rings is 1. The molecule has 2 aliphatic rings. The van der Waals surface area contributed by atoms with E-state index in [2.05, 4.69) is 17.3 Å². The molecule has 4 nitrogen and oxygen atoms in total. The van der Waals surface area contributed by atoms with Crippen molar-refractivity contribution in [2.75, 3.05) is 26.7 Å². The summed E-state index contributed by atoms with van der Waals surface area (Å²) in [4.78, 5) is 14.0. The summed E-state index contributed by atoms with van der Waals surface area (Å²) < 4.78 is 5.09. The SMILES string of the molecule is CCOC(=O)CC1CC(NC2CCCCC2)CN(C)C1. The summed E-state index contributed by atoms with van der Waals surface area (Å²) in [7, 11) is 2.16. The predicted molar refractivity (Wildman–Crippen MR) is 80.7 cm³/mol.